The number of hydrogen-bond acceptors (Lipinski definition) is 1. The Hall–Kier alpha value is -0.460. The van der Waals surface area contributed by atoms with Gasteiger partial charge in [-0.3, -0.25) is 0 Å². The van der Waals surface area contributed by atoms with Crippen molar-refractivity contribution >= 4 is 0 Å². The third-order valence-electron chi connectivity index (χ3n) is 5.72. The number of fused-ring (bicyclic) bond motifs is 6. The summed E-state index contributed by atoms with van der Waals surface area (Å²) in [5.41, 5.74) is 0.297. The zero-order valence-corrected chi connectivity index (χ0v) is 9.32. The minimum atomic E-state index is 0.297. The zero-order chi connectivity index (χ0) is 9.88. The van der Waals surface area contributed by atoms with Gasteiger partial charge in [0, 0.05) is 5.92 Å². The Labute approximate surface area is 91.9 Å². The second kappa shape index (κ2) is 2.81. The SMILES string of the molecule is C1=CO[C@]2(CC1)C[C@H]1C[C@H]2[C@@H]2CCC[C@H]12. The van der Waals surface area contributed by atoms with Gasteiger partial charge in [0.1, 0.15) is 5.60 Å². The van der Waals surface area contributed by atoms with Crippen LogP contribution in [0.15, 0.2) is 12.3 Å². The Morgan fingerprint density at radius 3 is 3.00 bits per heavy atom. The second-order valence-electron chi connectivity index (χ2n) is 6.16. The van der Waals surface area contributed by atoms with E-state index in [1.807, 2.05) is 6.26 Å². The predicted molar refractivity (Wildman–Crippen MR) is 59.2 cm³/mol. The molecule has 1 heteroatoms. The van der Waals surface area contributed by atoms with Crippen LogP contribution in [0.5, 0.6) is 0 Å². The molecule has 0 unspecified atom stereocenters. The highest BCUT2D eigenvalue weighted by atomic mass is 16.5. The monoisotopic (exact) mass is 204 g/mol. The van der Waals surface area contributed by atoms with Gasteiger partial charge in [-0.2, -0.15) is 0 Å². The van der Waals surface area contributed by atoms with Gasteiger partial charge in [-0.05, 0) is 62.4 Å². The van der Waals surface area contributed by atoms with E-state index in [9.17, 15) is 0 Å². The molecule has 82 valence electrons. The van der Waals surface area contributed by atoms with Crippen LogP contribution in [0.4, 0.5) is 0 Å². The lowest BCUT2D eigenvalue weighted by Crippen LogP contribution is -2.43. The predicted octanol–water partition coefficient (Wildman–Crippen LogP) is 3.51. The second-order valence-corrected chi connectivity index (χ2v) is 6.16. The third-order valence-corrected chi connectivity index (χ3v) is 5.72. The summed E-state index contributed by atoms with van der Waals surface area (Å²) in [5.74, 6) is 4.07. The van der Waals surface area contributed by atoms with E-state index in [4.69, 9.17) is 4.74 Å². The van der Waals surface area contributed by atoms with Crippen molar-refractivity contribution < 1.29 is 4.74 Å². The normalized spacial score (nSPS) is 56.0. The maximum atomic E-state index is 6.09. The largest absolute Gasteiger partial charge is 0.495 e. The molecule has 15 heavy (non-hydrogen) atoms. The summed E-state index contributed by atoms with van der Waals surface area (Å²) in [7, 11) is 0. The van der Waals surface area contributed by atoms with Crippen molar-refractivity contribution in [3.05, 3.63) is 12.3 Å². The van der Waals surface area contributed by atoms with Crippen molar-refractivity contribution in [2.75, 3.05) is 0 Å². The van der Waals surface area contributed by atoms with E-state index in [1.54, 1.807) is 0 Å². The van der Waals surface area contributed by atoms with Crippen LogP contribution >= 0.6 is 0 Å². The van der Waals surface area contributed by atoms with E-state index in [0.717, 1.165) is 23.7 Å². The molecule has 0 aromatic carbocycles. The van der Waals surface area contributed by atoms with Crippen LogP contribution in [-0.2, 0) is 4.74 Å². The average molecular weight is 204 g/mol. The molecule has 1 spiro atoms. The number of rotatable bonds is 0. The van der Waals surface area contributed by atoms with Crippen LogP contribution in [0.25, 0.3) is 0 Å². The van der Waals surface area contributed by atoms with Gasteiger partial charge in [0.15, 0.2) is 0 Å². The smallest absolute Gasteiger partial charge is 0.112 e. The summed E-state index contributed by atoms with van der Waals surface area (Å²) in [6.45, 7) is 0. The first-order valence-corrected chi connectivity index (χ1v) is 6.72. The fourth-order valence-electron chi connectivity index (χ4n) is 5.27. The molecule has 2 bridgehead atoms. The molecule has 1 nitrogen and oxygen atoms in total. The van der Waals surface area contributed by atoms with Crippen molar-refractivity contribution in [3.63, 3.8) is 0 Å². The highest BCUT2D eigenvalue weighted by Gasteiger charge is 2.61. The molecular formula is C14H20O. The molecule has 3 saturated carbocycles. The lowest BCUT2D eigenvalue weighted by molar-refractivity contribution is -0.0690. The van der Waals surface area contributed by atoms with Crippen LogP contribution in [0.2, 0.25) is 0 Å². The molecule has 0 radical (unpaired) electrons. The van der Waals surface area contributed by atoms with Gasteiger partial charge >= 0.3 is 0 Å². The zero-order valence-electron chi connectivity index (χ0n) is 9.32. The lowest BCUT2D eigenvalue weighted by atomic mass is 9.70. The van der Waals surface area contributed by atoms with Crippen LogP contribution in [0.3, 0.4) is 0 Å². The third kappa shape index (κ3) is 0.996. The first kappa shape index (κ1) is 8.66. The van der Waals surface area contributed by atoms with E-state index < -0.39 is 0 Å². The Morgan fingerprint density at radius 1 is 1.20 bits per heavy atom. The Bertz CT molecular complexity index is 308. The van der Waals surface area contributed by atoms with Crippen molar-refractivity contribution in [2.24, 2.45) is 23.7 Å². The van der Waals surface area contributed by atoms with Gasteiger partial charge in [0.25, 0.3) is 0 Å². The Balaban J connectivity index is 1.67. The van der Waals surface area contributed by atoms with E-state index in [2.05, 4.69) is 6.08 Å². The number of hydrogen-bond donors (Lipinski definition) is 0. The standard InChI is InChI=1S/C14H20O/c1-2-7-15-14(6-1)9-10-8-13(14)12-5-3-4-11(10)12/h2,7,10-13H,1,3-6,8-9H2/t10-,11-,12-,13+,14-/m1/s1. The van der Waals surface area contributed by atoms with E-state index in [1.165, 1.54) is 44.9 Å². The molecule has 0 N–H and O–H groups in total. The molecule has 5 atom stereocenters. The van der Waals surface area contributed by atoms with Gasteiger partial charge in [0.2, 0.25) is 0 Å². The first-order valence-electron chi connectivity index (χ1n) is 6.72. The molecule has 3 aliphatic carbocycles. The Kier molecular flexibility index (Phi) is 1.62. The van der Waals surface area contributed by atoms with Gasteiger partial charge < -0.3 is 4.74 Å². The summed E-state index contributed by atoms with van der Waals surface area (Å²) in [6, 6.07) is 0. The lowest BCUT2D eigenvalue weighted by Gasteiger charge is -2.43. The molecule has 1 aliphatic heterocycles. The molecule has 0 aromatic rings. The van der Waals surface area contributed by atoms with E-state index in [0.29, 0.717) is 5.60 Å². The van der Waals surface area contributed by atoms with Crippen molar-refractivity contribution in [1.29, 1.82) is 0 Å². The minimum Gasteiger partial charge on any atom is -0.495 e. The topological polar surface area (TPSA) is 9.23 Å². The average Bonchev–Trinajstić information content (AvgIpc) is 2.89. The van der Waals surface area contributed by atoms with Gasteiger partial charge in [-0.25, -0.2) is 0 Å². The summed E-state index contributed by atoms with van der Waals surface area (Å²) in [4.78, 5) is 0. The molecule has 4 rings (SSSR count). The van der Waals surface area contributed by atoms with Crippen LogP contribution in [-0.4, -0.2) is 5.60 Å². The summed E-state index contributed by atoms with van der Waals surface area (Å²) in [6.07, 6.45) is 14.1. The maximum absolute atomic E-state index is 6.09. The molecule has 1 heterocycles. The molecule has 0 aromatic heterocycles. The number of ether oxygens (including phenoxy) is 1. The molecule has 0 amide bonds. The van der Waals surface area contributed by atoms with Gasteiger partial charge in [-0.15, -0.1) is 0 Å². The van der Waals surface area contributed by atoms with Crippen LogP contribution in [0.1, 0.15) is 44.9 Å². The molecule has 4 aliphatic rings. The van der Waals surface area contributed by atoms with Gasteiger partial charge in [0.05, 0.1) is 6.26 Å². The summed E-state index contributed by atoms with van der Waals surface area (Å²) >= 11 is 0. The van der Waals surface area contributed by atoms with E-state index >= 15 is 0 Å². The minimum absolute atomic E-state index is 0.297. The molecule has 3 fully saturated rings. The quantitative estimate of drug-likeness (QED) is 0.586. The number of allylic oxidation sites excluding steroid dienone is 1. The maximum Gasteiger partial charge on any atom is 0.112 e. The van der Waals surface area contributed by atoms with Crippen molar-refractivity contribution in [1.82, 2.24) is 0 Å². The Morgan fingerprint density at radius 2 is 2.13 bits per heavy atom. The van der Waals surface area contributed by atoms with Crippen LogP contribution in [0, 0.1) is 23.7 Å². The fourth-order valence-corrected chi connectivity index (χ4v) is 5.27. The fraction of sp³-hybridized carbons (Fsp3) is 0.857. The van der Waals surface area contributed by atoms with Gasteiger partial charge in [-0.1, -0.05) is 6.42 Å². The molecule has 0 saturated heterocycles. The van der Waals surface area contributed by atoms with Crippen molar-refractivity contribution in [3.8, 4) is 0 Å². The van der Waals surface area contributed by atoms with Crippen LogP contribution < -0.4 is 0 Å². The molecular weight excluding hydrogens is 184 g/mol. The highest BCUT2D eigenvalue weighted by Crippen LogP contribution is 2.64. The summed E-state index contributed by atoms with van der Waals surface area (Å²) in [5, 5.41) is 0. The first-order chi connectivity index (χ1) is 7.39. The highest BCUT2D eigenvalue weighted by molar-refractivity contribution is 5.13. The van der Waals surface area contributed by atoms with E-state index in [-0.39, 0.29) is 0 Å². The summed E-state index contributed by atoms with van der Waals surface area (Å²) < 4.78 is 6.09. The van der Waals surface area contributed by atoms with Crippen molar-refractivity contribution in [2.45, 2.75) is 50.5 Å².